The zero-order valence-corrected chi connectivity index (χ0v) is 7.80. The van der Waals surface area contributed by atoms with Crippen LogP contribution in [0.25, 0.3) is 0 Å². The van der Waals surface area contributed by atoms with E-state index in [0.29, 0.717) is 19.5 Å². The van der Waals surface area contributed by atoms with Gasteiger partial charge in [0.05, 0.1) is 6.04 Å². The summed E-state index contributed by atoms with van der Waals surface area (Å²) in [5.41, 5.74) is 5.22. The van der Waals surface area contributed by atoms with E-state index in [4.69, 9.17) is 16.2 Å². The maximum Gasteiger partial charge on any atom is 0.404 e. The third-order valence-corrected chi connectivity index (χ3v) is 1.86. The molecule has 5 N–H and O–H groups in total. The summed E-state index contributed by atoms with van der Waals surface area (Å²) < 4.78 is 0. The summed E-state index contributed by atoms with van der Waals surface area (Å²) >= 11 is 0. The third-order valence-electron chi connectivity index (χ3n) is 1.86. The first-order chi connectivity index (χ1) is 5.59. The maximum absolute atomic E-state index is 10.2. The minimum absolute atomic E-state index is 0. The fraction of sp³-hybridized carbons (Fsp3) is 0.667. The molecular weight excluding hydrogens is 196 g/mol. The van der Waals surface area contributed by atoms with E-state index >= 15 is 0 Å². The molecule has 0 aromatic rings. The van der Waals surface area contributed by atoms with Crippen LogP contribution in [0.15, 0.2) is 0 Å². The molecule has 76 valence electrons. The average Bonchev–Trinajstić information content (AvgIpc) is 2.34. The molecule has 0 bridgehead atoms. The normalized spacial score (nSPS) is 20.6. The van der Waals surface area contributed by atoms with Gasteiger partial charge < -0.3 is 21.1 Å². The highest BCUT2D eigenvalue weighted by Gasteiger charge is 2.23. The first-order valence-corrected chi connectivity index (χ1v) is 3.68. The summed E-state index contributed by atoms with van der Waals surface area (Å²) in [5, 5.41) is 17.8. The summed E-state index contributed by atoms with van der Waals surface area (Å²) in [5.74, 6) is 0.00434. The Morgan fingerprint density at radius 3 is 2.69 bits per heavy atom. The molecule has 13 heavy (non-hydrogen) atoms. The fourth-order valence-electron chi connectivity index (χ4n) is 1.27. The Balaban J connectivity index is 0.00000144. The zero-order valence-electron chi connectivity index (χ0n) is 6.99. The molecule has 0 unspecified atom stereocenters. The van der Waals surface area contributed by atoms with Gasteiger partial charge in [-0.05, 0) is 6.42 Å². The molecule has 7 heteroatoms. The van der Waals surface area contributed by atoms with Gasteiger partial charge in [-0.1, -0.05) is 0 Å². The van der Waals surface area contributed by atoms with Crippen molar-refractivity contribution in [3.05, 3.63) is 0 Å². The Bertz CT molecular complexity index is 211. The number of guanidine groups is 1. The topological polar surface area (TPSA) is 102 Å². The first-order valence-electron chi connectivity index (χ1n) is 3.68. The predicted molar refractivity (Wildman–Crippen MR) is 50.3 cm³/mol. The summed E-state index contributed by atoms with van der Waals surface area (Å²) in [7, 11) is 0. The molecule has 1 atom stereocenters. The van der Waals surface area contributed by atoms with Crippen LogP contribution < -0.4 is 11.1 Å². The van der Waals surface area contributed by atoms with E-state index in [9.17, 15) is 4.79 Å². The van der Waals surface area contributed by atoms with Crippen molar-refractivity contribution in [2.75, 3.05) is 13.1 Å². The number of hydrogen-bond donors (Lipinski definition) is 4. The molecule has 0 radical (unpaired) electrons. The van der Waals surface area contributed by atoms with Gasteiger partial charge in [0.15, 0.2) is 5.96 Å². The monoisotopic (exact) mass is 208 g/mol. The van der Waals surface area contributed by atoms with E-state index in [0.717, 1.165) is 0 Å². The molecule has 1 aliphatic heterocycles. The molecule has 0 aromatic heterocycles. The van der Waals surface area contributed by atoms with Gasteiger partial charge in [0.1, 0.15) is 0 Å². The second-order valence-corrected chi connectivity index (χ2v) is 2.77. The quantitative estimate of drug-likeness (QED) is 0.349. The lowest BCUT2D eigenvalue weighted by atomic mass is 10.3. The largest absolute Gasteiger partial charge is 0.465 e. The highest BCUT2D eigenvalue weighted by molar-refractivity contribution is 5.85. The zero-order chi connectivity index (χ0) is 9.14. The standard InChI is InChI=1S/C6H12N4O2.ClH/c7-5(8)10-2-1-4(3-10)9-6(11)12;/h4,9H,1-3H2,(H3,7,8)(H,11,12);1H/t4-;/m1./s1. The van der Waals surface area contributed by atoms with Crippen LogP contribution in [0, 0.1) is 5.41 Å². The Morgan fingerprint density at radius 1 is 1.69 bits per heavy atom. The van der Waals surface area contributed by atoms with E-state index in [-0.39, 0.29) is 24.4 Å². The van der Waals surface area contributed by atoms with Gasteiger partial charge in [-0.15, -0.1) is 12.4 Å². The average molecular weight is 209 g/mol. The smallest absolute Gasteiger partial charge is 0.404 e. The van der Waals surface area contributed by atoms with Crippen molar-refractivity contribution in [3.8, 4) is 0 Å². The van der Waals surface area contributed by atoms with Gasteiger partial charge in [0.2, 0.25) is 0 Å². The lowest BCUT2D eigenvalue weighted by Gasteiger charge is -2.15. The van der Waals surface area contributed by atoms with Crippen molar-refractivity contribution in [2.45, 2.75) is 12.5 Å². The number of nitrogens with two attached hydrogens (primary N) is 1. The number of nitrogens with zero attached hydrogens (tertiary/aromatic N) is 1. The first kappa shape index (κ1) is 11.8. The van der Waals surface area contributed by atoms with Crippen LogP contribution in [-0.2, 0) is 0 Å². The Labute approximate surface area is 82.0 Å². The fourth-order valence-corrected chi connectivity index (χ4v) is 1.27. The van der Waals surface area contributed by atoms with E-state index in [1.165, 1.54) is 0 Å². The molecule has 0 saturated carbocycles. The van der Waals surface area contributed by atoms with Crippen molar-refractivity contribution in [2.24, 2.45) is 5.73 Å². The number of carboxylic acid groups (broad SMARTS) is 1. The van der Waals surface area contributed by atoms with Crippen LogP contribution in [0.1, 0.15) is 6.42 Å². The SMILES string of the molecule is Cl.N=C(N)N1CC[C@@H](NC(=O)O)C1. The molecule has 1 amide bonds. The molecule has 0 aliphatic carbocycles. The molecule has 1 fully saturated rings. The minimum atomic E-state index is -1.02. The number of amides is 1. The number of rotatable bonds is 1. The highest BCUT2D eigenvalue weighted by atomic mass is 35.5. The van der Waals surface area contributed by atoms with Crippen LogP contribution in [0.2, 0.25) is 0 Å². The van der Waals surface area contributed by atoms with Gasteiger partial charge in [-0.25, -0.2) is 4.79 Å². The minimum Gasteiger partial charge on any atom is -0.465 e. The molecule has 0 spiro atoms. The van der Waals surface area contributed by atoms with Crippen LogP contribution in [0.3, 0.4) is 0 Å². The summed E-state index contributed by atoms with van der Waals surface area (Å²) in [6.07, 6.45) is -0.309. The molecule has 0 aromatic carbocycles. The number of nitrogens with one attached hydrogen (secondary N) is 2. The van der Waals surface area contributed by atoms with Crippen molar-refractivity contribution in [3.63, 3.8) is 0 Å². The number of carbonyl (C=O) groups is 1. The van der Waals surface area contributed by atoms with Gasteiger partial charge in [0.25, 0.3) is 0 Å². The highest BCUT2D eigenvalue weighted by Crippen LogP contribution is 2.07. The summed E-state index contributed by atoms with van der Waals surface area (Å²) in [6.45, 7) is 1.15. The molecular formula is C6H13ClN4O2. The van der Waals surface area contributed by atoms with E-state index in [1.54, 1.807) is 4.90 Å². The maximum atomic E-state index is 10.2. The summed E-state index contributed by atoms with van der Waals surface area (Å²) in [6, 6.07) is -0.0913. The molecule has 1 saturated heterocycles. The van der Waals surface area contributed by atoms with Gasteiger partial charge >= 0.3 is 6.09 Å². The van der Waals surface area contributed by atoms with Crippen LogP contribution in [0.5, 0.6) is 0 Å². The Morgan fingerprint density at radius 2 is 2.31 bits per heavy atom. The van der Waals surface area contributed by atoms with Crippen LogP contribution >= 0.6 is 12.4 Å². The van der Waals surface area contributed by atoms with E-state index in [1.807, 2.05) is 0 Å². The number of likely N-dealkylation sites (tertiary alicyclic amines) is 1. The van der Waals surface area contributed by atoms with Crippen LogP contribution in [-0.4, -0.2) is 41.2 Å². The number of hydrogen-bond acceptors (Lipinski definition) is 2. The van der Waals surface area contributed by atoms with Gasteiger partial charge in [-0.3, -0.25) is 5.41 Å². The number of halogens is 1. The third kappa shape index (κ3) is 3.37. The second-order valence-electron chi connectivity index (χ2n) is 2.77. The van der Waals surface area contributed by atoms with Crippen LogP contribution in [0.4, 0.5) is 4.79 Å². The Kier molecular flexibility index (Phi) is 4.33. The molecule has 1 heterocycles. The van der Waals surface area contributed by atoms with Crippen molar-refractivity contribution in [1.29, 1.82) is 5.41 Å². The second kappa shape index (κ2) is 4.76. The Hall–Kier alpha value is -1.17. The lowest BCUT2D eigenvalue weighted by molar-refractivity contribution is 0.190. The van der Waals surface area contributed by atoms with E-state index < -0.39 is 6.09 Å². The van der Waals surface area contributed by atoms with E-state index in [2.05, 4.69) is 5.32 Å². The predicted octanol–water partition coefficient (Wildman–Crippen LogP) is -0.356. The van der Waals surface area contributed by atoms with Gasteiger partial charge in [0, 0.05) is 13.1 Å². The molecule has 1 rings (SSSR count). The van der Waals surface area contributed by atoms with Crippen molar-refractivity contribution in [1.82, 2.24) is 10.2 Å². The van der Waals surface area contributed by atoms with Crippen molar-refractivity contribution >= 4 is 24.5 Å². The molecule has 6 nitrogen and oxygen atoms in total. The van der Waals surface area contributed by atoms with Gasteiger partial charge in [-0.2, -0.15) is 0 Å². The summed E-state index contributed by atoms with van der Waals surface area (Å²) in [4.78, 5) is 11.9. The molecule has 1 aliphatic rings. The van der Waals surface area contributed by atoms with Crippen molar-refractivity contribution < 1.29 is 9.90 Å². The lowest BCUT2D eigenvalue weighted by Crippen LogP contribution is -2.39.